The molecular weight excluding hydrogens is 389 g/mol. The molecule has 4 unspecified atom stereocenters. The van der Waals surface area contributed by atoms with E-state index in [1.54, 1.807) is 0 Å². The smallest absolute Gasteiger partial charge is 0.0961 e. The molecule has 1 aliphatic carbocycles. The van der Waals surface area contributed by atoms with Gasteiger partial charge in [-0.15, -0.1) is 0 Å². The van der Waals surface area contributed by atoms with Gasteiger partial charge in [0, 0.05) is 22.5 Å². The Labute approximate surface area is 164 Å². The van der Waals surface area contributed by atoms with Crippen LogP contribution >= 0.6 is 0 Å². The molecule has 0 amide bonds. The molecule has 0 saturated heterocycles. The standard InChI is InChI=1S/C18H42N2O2Si4/c1-23(2,3)15-13(19)18(22,26(10,11)12)16(24(4,5)6)14(20)17(15,21)25(7,8)9/h15-16,19-22H,1-12H3. The molecule has 0 aromatic carbocycles. The molecule has 4 atom stereocenters. The second kappa shape index (κ2) is 6.32. The van der Waals surface area contributed by atoms with Crippen LogP contribution in [-0.4, -0.2) is 64.4 Å². The van der Waals surface area contributed by atoms with Crippen LogP contribution in [0.4, 0.5) is 0 Å². The predicted octanol–water partition coefficient (Wildman–Crippen LogP) is 4.67. The Balaban J connectivity index is 4.01. The summed E-state index contributed by atoms with van der Waals surface area (Å²) in [6.07, 6.45) is 0. The lowest BCUT2D eigenvalue weighted by Gasteiger charge is -2.63. The third-order valence-corrected chi connectivity index (χ3v) is 17.4. The van der Waals surface area contributed by atoms with Crippen molar-refractivity contribution in [1.82, 2.24) is 0 Å². The van der Waals surface area contributed by atoms with Crippen molar-refractivity contribution in [3.05, 3.63) is 0 Å². The van der Waals surface area contributed by atoms with Crippen LogP contribution < -0.4 is 0 Å². The van der Waals surface area contributed by atoms with Gasteiger partial charge in [0.25, 0.3) is 0 Å². The third-order valence-electron chi connectivity index (χ3n) is 6.25. The highest BCUT2D eigenvalue weighted by atomic mass is 28.3. The Hall–Kier alpha value is 0.128. The number of rotatable bonds is 4. The van der Waals surface area contributed by atoms with E-state index >= 15 is 0 Å². The van der Waals surface area contributed by atoms with Gasteiger partial charge in [-0.2, -0.15) is 0 Å². The summed E-state index contributed by atoms with van der Waals surface area (Å²) in [5.74, 6) is 0. The van der Waals surface area contributed by atoms with Gasteiger partial charge in [-0.25, -0.2) is 0 Å². The first-order valence-corrected chi connectivity index (χ1v) is 23.8. The van der Waals surface area contributed by atoms with E-state index in [0.717, 1.165) is 0 Å². The van der Waals surface area contributed by atoms with Crippen LogP contribution in [0.5, 0.6) is 0 Å². The van der Waals surface area contributed by atoms with Crippen molar-refractivity contribution >= 4 is 43.7 Å². The van der Waals surface area contributed by atoms with E-state index in [4.69, 9.17) is 0 Å². The first-order chi connectivity index (χ1) is 11.1. The van der Waals surface area contributed by atoms with Crippen molar-refractivity contribution in [2.45, 2.75) is 100 Å². The molecular formula is C18H42N2O2Si4. The van der Waals surface area contributed by atoms with Crippen LogP contribution in [0, 0.1) is 10.8 Å². The van der Waals surface area contributed by atoms with Gasteiger partial charge < -0.3 is 21.0 Å². The van der Waals surface area contributed by atoms with Crippen molar-refractivity contribution in [2.24, 2.45) is 0 Å². The van der Waals surface area contributed by atoms with Crippen molar-refractivity contribution in [3.63, 3.8) is 0 Å². The maximum absolute atomic E-state index is 12.1. The quantitative estimate of drug-likeness (QED) is 0.488. The number of hydrogen-bond acceptors (Lipinski definition) is 4. The summed E-state index contributed by atoms with van der Waals surface area (Å²) in [4.78, 5) is 0. The molecule has 4 N–H and O–H groups in total. The van der Waals surface area contributed by atoms with E-state index in [0.29, 0.717) is 11.4 Å². The van der Waals surface area contributed by atoms with Crippen molar-refractivity contribution in [2.75, 3.05) is 0 Å². The van der Waals surface area contributed by atoms with Crippen LogP contribution in [0.3, 0.4) is 0 Å². The number of aliphatic hydroxyl groups is 2. The Kier molecular flexibility index (Phi) is 5.87. The van der Waals surface area contributed by atoms with Gasteiger partial charge in [-0.1, -0.05) is 78.6 Å². The summed E-state index contributed by atoms with van der Waals surface area (Å²) in [5.41, 5.74) is -0.0784. The molecule has 1 fully saturated rings. The molecule has 152 valence electrons. The van der Waals surface area contributed by atoms with Gasteiger partial charge in [0.05, 0.1) is 42.7 Å². The van der Waals surface area contributed by atoms with E-state index in [2.05, 4.69) is 78.6 Å². The molecule has 1 rings (SSSR count). The number of hydrogen-bond donors (Lipinski definition) is 4. The minimum atomic E-state index is -2.25. The highest BCUT2D eigenvalue weighted by Gasteiger charge is 2.71. The molecule has 8 heteroatoms. The molecule has 4 nitrogen and oxygen atoms in total. The molecule has 0 bridgehead atoms. The van der Waals surface area contributed by atoms with E-state index in [9.17, 15) is 21.0 Å². The average Bonchev–Trinajstić information content (AvgIpc) is 2.30. The highest BCUT2D eigenvalue weighted by Crippen LogP contribution is 2.57. The summed E-state index contributed by atoms with van der Waals surface area (Å²) in [6.45, 7) is 25.7. The molecule has 0 radical (unpaired) electrons. The lowest BCUT2D eigenvalue weighted by atomic mass is 9.88. The Morgan fingerprint density at radius 1 is 0.577 bits per heavy atom. The van der Waals surface area contributed by atoms with Crippen LogP contribution in [0.15, 0.2) is 0 Å². The minimum absolute atomic E-state index is 0.351. The SMILES string of the molecule is C[Si](C)(C)C1C(=N)C(O)([Si](C)(C)C)C([Si](C)(C)C)C(=N)C1(O)[Si](C)(C)C. The van der Waals surface area contributed by atoms with E-state index < -0.39 is 53.8 Å². The van der Waals surface area contributed by atoms with Gasteiger partial charge in [-0.05, 0) is 0 Å². The highest BCUT2D eigenvalue weighted by molar-refractivity contribution is 6.96. The van der Waals surface area contributed by atoms with Crippen LogP contribution in [0.1, 0.15) is 0 Å². The van der Waals surface area contributed by atoms with Gasteiger partial charge in [0.15, 0.2) is 0 Å². The lowest BCUT2D eigenvalue weighted by Crippen LogP contribution is -2.80. The summed E-state index contributed by atoms with van der Waals surface area (Å²) >= 11 is 0. The molecule has 1 aliphatic rings. The van der Waals surface area contributed by atoms with Gasteiger partial charge in [0.2, 0.25) is 0 Å². The Morgan fingerprint density at radius 3 is 0.885 bits per heavy atom. The van der Waals surface area contributed by atoms with E-state index in [1.807, 2.05) is 0 Å². The molecule has 0 spiro atoms. The van der Waals surface area contributed by atoms with E-state index in [-0.39, 0.29) is 0 Å². The first-order valence-electron chi connectivity index (χ1n) is 9.68. The van der Waals surface area contributed by atoms with Gasteiger partial charge >= 0.3 is 0 Å². The molecule has 26 heavy (non-hydrogen) atoms. The van der Waals surface area contributed by atoms with Crippen LogP contribution in [-0.2, 0) is 0 Å². The summed E-state index contributed by atoms with van der Waals surface area (Å²) < 4.78 is 0. The summed E-state index contributed by atoms with van der Waals surface area (Å²) in [7, 11) is -8.63. The Morgan fingerprint density at radius 2 is 0.769 bits per heavy atom. The fraction of sp³-hybridized carbons (Fsp3) is 0.889. The average molecular weight is 431 g/mol. The second-order valence-electron chi connectivity index (χ2n) is 12.5. The van der Waals surface area contributed by atoms with Crippen molar-refractivity contribution in [3.8, 4) is 0 Å². The first kappa shape index (κ1) is 24.2. The maximum atomic E-state index is 12.1. The molecule has 0 aliphatic heterocycles. The second-order valence-corrected chi connectivity index (χ2v) is 33.6. The van der Waals surface area contributed by atoms with Gasteiger partial charge in [0.1, 0.15) is 0 Å². The Bertz CT molecular complexity index is 557. The maximum Gasteiger partial charge on any atom is 0.0961 e. The molecule has 0 heterocycles. The zero-order valence-corrected chi connectivity index (χ0v) is 23.0. The third kappa shape index (κ3) is 3.34. The van der Waals surface area contributed by atoms with Crippen LogP contribution in [0.2, 0.25) is 89.6 Å². The van der Waals surface area contributed by atoms with E-state index in [1.165, 1.54) is 0 Å². The van der Waals surface area contributed by atoms with Gasteiger partial charge in [-0.3, -0.25) is 0 Å². The topological polar surface area (TPSA) is 88.2 Å². The number of nitrogens with one attached hydrogen (secondary N) is 2. The van der Waals surface area contributed by atoms with Crippen molar-refractivity contribution in [1.29, 1.82) is 10.8 Å². The fourth-order valence-corrected chi connectivity index (χ4v) is 19.4. The largest absolute Gasteiger partial charge is 0.387 e. The van der Waals surface area contributed by atoms with Crippen LogP contribution in [0.25, 0.3) is 0 Å². The van der Waals surface area contributed by atoms with Crippen molar-refractivity contribution < 1.29 is 10.2 Å². The normalized spacial score (nSPS) is 35.0. The minimum Gasteiger partial charge on any atom is -0.387 e. The predicted molar refractivity (Wildman–Crippen MR) is 126 cm³/mol. The fourth-order valence-electron chi connectivity index (χ4n) is 4.96. The monoisotopic (exact) mass is 430 g/mol. The summed E-state index contributed by atoms with van der Waals surface area (Å²) in [5, 5.41) is 40.3. The zero-order valence-electron chi connectivity index (χ0n) is 19.0. The lowest BCUT2D eigenvalue weighted by molar-refractivity contribution is 0.135. The molecule has 0 aromatic heterocycles. The molecule has 0 aromatic rings. The summed E-state index contributed by atoms with van der Waals surface area (Å²) in [6, 6.07) is 0. The zero-order chi connectivity index (χ0) is 21.3. The molecule has 1 saturated carbocycles.